The lowest BCUT2D eigenvalue weighted by atomic mass is 10.1. The van der Waals surface area contributed by atoms with Gasteiger partial charge < -0.3 is 10.1 Å². The van der Waals surface area contributed by atoms with Crippen LogP contribution in [0.25, 0.3) is 10.9 Å². The van der Waals surface area contributed by atoms with E-state index < -0.39 is 0 Å². The van der Waals surface area contributed by atoms with Crippen molar-refractivity contribution in [1.29, 1.82) is 0 Å². The Morgan fingerprint density at radius 2 is 2.00 bits per heavy atom. The number of para-hydroxylation sites is 1. The van der Waals surface area contributed by atoms with Crippen LogP contribution in [0.1, 0.15) is 25.5 Å². The molecule has 21 heavy (non-hydrogen) atoms. The van der Waals surface area contributed by atoms with Crippen molar-refractivity contribution < 1.29 is 4.74 Å². The van der Waals surface area contributed by atoms with E-state index in [1.165, 1.54) is 5.56 Å². The van der Waals surface area contributed by atoms with Gasteiger partial charge in [0.05, 0.1) is 24.0 Å². The predicted octanol–water partition coefficient (Wildman–Crippen LogP) is 4.13. The fraction of sp³-hybridized carbons (Fsp3) is 0.235. The van der Waals surface area contributed by atoms with Crippen molar-refractivity contribution in [1.82, 2.24) is 10.2 Å². The topological polar surface area (TPSA) is 49.9 Å². The van der Waals surface area contributed by atoms with Gasteiger partial charge in [0.1, 0.15) is 5.75 Å². The van der Waals surface area contributed by atoms with Gasteiger partial charge in [-0.2, -0.15) is 5.10 Å². The van der Waals surface area contributed by atoms with Crippen molar-refractivity contribution in [2.45, 2.75) is 19.9 Å². The van der Waals surface area contributed by atoms with Crippen LogP contribution in [0.3, 0.4) is 0 Å². The van der Waals surface area contributed by atoms with Crippen LogP contribution in [0.5, 0.6) is 5.75 Å². The number of nitrogens with zero attached hydrogens (tertiary/aromatic N) is 1. The summed E-state index contributed by atoms with van der Waals surface area (Å²) < 4.78 is 5.47. The van der Waals surface area contributed by atoms with E-state index in [0.717, 1.165) is 22.3 Å². The number of hydrogen-bond acceptors (Lipinski definition) is 3. The van der Waals surface area contributed by atoms with Crippen LogP contribution in [0.4, 0.5) is 5.69 Å². The summed E-state index contributed by atoms with van der Waals surface area (Å²) in [4.78, 5) is 0. The third kappa shape index (κ3) is 2.84. The van der Waals surface area contributed by atoms with E-state index in [9.17, 15) is 0 Å². The van der Waals surface area contributed by atoms with Crippen molar-refractivity contribution in [2.75, 3.05) is 11.9 Å². The largest absolute Gasteiger partial charge is 0.494 e. The number of aromatic amines is 1. The molecular formula is C17H19N3O. The molecule has 2 aromatic carbocycles. The van der Waals surface area contributed by atoms with Crippen LogP contribution >= 0.6 is 0 Å². The Labute approximate surface area is 124 Å². The number of rotatable bonds is 5. The molecule has 0 aliphatic carbocycles. The Balaban J connectivity index is 1.79. The van der Waals surface area contributed by atoms with Crippen molar-refractivity contribution in [3.63, 3.8) is 0 Å². The average molecular weight is 281 g/mol. The highest BCUT2D eigenvalue weighted by Crippen LogP contribution is 2.26. The van der Waals surface area contributed by atoms with Crippen LogP contribution in [-0.2, 0) is 0 Å². The quantitative estimate of drug-likeness (QED) is 0.739. The van der Waals surface area contributed by atoms with Crippen LogP contribution < -0.4 is 10.1 Å². The first-order chi connectivity index (χ1) is 10.3. The van der Waals surface area contributed by atoms with Gasteiger partial charge in [-0.1, -0.05) is 24.3 Å². The molecule has 1 heterocycles. The van der Waals surface area contributed by atoms with Gasteiger partial charge in [0.2, 0.25) is 0 Å². The highest BCUT2D eigenvalue weighted by atomic mass is 16.5. The van der Waals surface area contributed by atoms with Gasteiger partial charge in [-0.15, -0.1) is 0 Å². The first kappa shape index (κ1) is 13.5. The Hall–Kier alpha value is -2.49. The number of fused-ring (bicyclic) bond motifs is 1. The van der Waals surface area contributed by atoms with Crippen LogP contribution in [-0.4, -0.2) is 16.8 Å². The van der Waals surface area contributed by atoms with E-state index in [2.05, 4.69) is 40.6 Å². The van der Waals surface area contributed by atoms with Gasteiger partial charge in [-0.25, -0.2) is 0 Å². The van der Waals surface area contributed by atoms with Crippen molar-refractivity contribution >= 4 is 16.6 Å². The first-order valence-corrected chi connectivity index (χ1v) is 7.19. The lowest BCUT2D eigenvalue weighted by molar-refractivity contribution is 0.340. The van der Waals surface area contributed by atoms with E-state index in [4.69, 9.17) is 4.74 Å². The molecule has 0 aliphatic heterocycles. The third-order valence-corrected chi connectivity index (χ3v) is 3.54. The molecular weight excluding hydrogens is 262 g/mol. The summed E-state index contributed by atoms with van der Waals surface area (Å²) in [6.45, 7) is 4.82. The molecule has 1 unspecified atom stereocenters. The van der Waals surface area contributed by atoms with E-state index in [0.29, 0.717) is 6.61 Å². The van der Waals surface area contributed by atoms with E-state index in [1.807, 2.05) is 37.4 Å². The molecule has 1 atom stereocenters. The molecule has 0 radical (unpaired) electrons. The molecule has 0 spiro atoms. The minimum atomic E-state index is 0.203. The maximum absolute atomic E-state index is 5.47. The molecule has 3 rings (SSSR count). The summed E-state index contributed by atoms with van der Waals surface area (Å²) in [5.74, 6) is 0.907. The Morgan fingerprint density at radius 3 is 2.76 bits per heavy atom. The Morgan fingerprint density at radius 1 is 1.19 bits per heavy atom. The summed E-state index contributed by atoms with van der Waals surface area (Å²) in [6.07, 6.45) is 1.84. The Bertz CT molecular complexity index is 718. The zero-order valence-corrected chi connectivity index (χ0v) is 12.3. The summed E-state index contributed by atoms with van der Waals surface area (Å²) >= 11 is 0. The SMILES string of the molecule is CCOc1ccc(C(C)Nc2cccc3cn[nH]c23)cc1. The molecule has 0 bridgehead atoms. The second-order valence-corrected chi connectivity index (χ2v) is 5.01. The lowest BCUT2D eigenvalue weighted by Gasteiger charge is -2.16. The van der Waals surface area contributed by atoms with Crippen LogP contribution in [0.15, 0.2) is 48.7 Å². The molecule has 0 amide bonds. The summed E-state index contributed by atoms with van der Waals surface area (Å²) in [7, 11) is 0. The highest BCUT2D eigenvalue weighted by Gasteiger charge is 2.08. The summed E-state index contributed by atoms with van der Waals surface area (Å²) in [6, 6.07) is 14.5. The minimum absolute atomic E-state index is 0.203. The fourth-order valence-electron chi connectivity index (χ4n) is 2.43. The lowest BCUT2D eigenvalue weighted by Crippen LogP contribution is -2.07. The Kier molecular flexibility index (Phi) is 3.77. The van der Waals surface area contributed by atoms with E-state index >= 15 is 0 Å². The molecule has 4 nitrogen and oxygen atoms in total. The molecule has 4 heteroatoms. The first-order valence-electron chi connectivity index (χ1n) is 7.19. The third-order valence-electron chi connectivity index (χ3n) is 3.54. The molecule has 0 aliphatic rings. The summed E-state index contributed by atoms with van der Waals surface area (Å²) in [5.41, 5.74) is 3.32. The molecule has 0 fully saturated rings. The van der Waals surface area contributed by atoms with Crippen molar-refractivity contribution in [3.8, 4) is 5.75 Å². The normalized spacial score (nSPS) is 12.3. The number of benzene rings is 2. The van der Waals surface area contributed by atoms with Crippen molar-refractivity contribution in [3.05, 3.63) is 54.2 Å². The standard InChI is InChI=1S/C17H19N3O/c1-3-21-15-9-7-13(8-10-15)12(2)19-16-6-4-5-14-11-18-20-17(14)16/h4-12,19H,3H2,1-2H3,(H,18,20). The minimum Gasteiger partial charge on any atom is -0.494 e. The maximum atomic E-state index is 5.47. The molecule has 0 saturated carbocycles. The highest BCUT2D eigenvalue weighted by molar-refractivity contribution is 5.90. The smallest absolute Gasteiger partial charge is 0.119 e. The number of H-pyrrole nitrogens is 1. The second kappa shape index (κ2) is 5.87. The van der Waals surface area contributed by atoms with Gasteiger partial charge in [0.15, 0.2) is 0 Å². The second-order valence-electron chi connectivity index (χ2n) is 5.01. The number of anilines is 1. The average Bonchev–Trinajstić information content (AvgIpc) is 2.98. The summed E-state index contributed by atoms with van der Waals surface area (Å²) in [5, 5.41) is 11.8. The van der Waals surface area contributed by atoms with Crippen LogP contribution in [0, 0.1) is 0 Å². The monoisotopic (exact) mass is 281 g/mol. The zero-order valence-electron chi connectivity index (χ0n) is 12.3. The number of nitrogens with one attached hydrogen (secondary N) is 2. The number of aromatic nitrogens is 2. The maximum Gasteiger partial charge on any atom is 0.119 e. The van der Waals surface area contributed by atoms with Gasteiger partial charge in [-0.3, -0.25) is 5.10 Å². The zero-order chi connectivity index (χ0) is 14.7. The van der Waals surface area contributed by atoms with Gasteiger partial charge >= 0.3 is 0 Å². The molecule has 1 aromatic heterocycles. The number of ether oxygens (including phenoxy) is 1. The van der Waals surface area contributed by atoms with Gasteiger partial charge in [-0.05, 0) is 37.6 Å². The molecule has 0 saturated heterocycles. The van der Waals surface area contributed by atoms with Gasteiger partial charge in [0.25, 0.3) is 0 Å². The number of hydrogen-bond donors (Lipinski definition) is 2. The molecule has 108 valence electrons. The van der Waals surface area contributed by atoms with E-state index in [-0.39, 0.29) is 6.04 Å². The van der Waals surface area contributed by atoms with E-state index in [1.54, 1.807) is 0 Å². The van der Waals surface area contributed by atoms with Gasteiger partial charge in [0, 0.05) is 11.4 Å². The predicted molar refractivity (Wildman–Crippen MR) is 85.7 cm³/mol. The van der Waals surface area contributed by atoms with Crippen molar-refractivity contribution in [2.24, 2.45) is 0 Å². The fourth-order valence-corrected chi connectivity index (χ4v) is 2.43. The molecule has 3 aromatic rings. The molecule has 2 N–H and O–H groups in total. The van der Waals surface area contributed by atoms with Crippen LogP contribution in [0.2, 0.25) is 0 Å².